The van der Waals surface area contributed by atoms with Crippen LogP contribution >= 0.6 is 0 Å². The molecular formula is C30H28N2O4. The van der Waals surface area contributed by atoms with Crippen molar-refractivity contribution in [3.05, 3.63) is 108 Å². The molecular weight excluding hydrogens is 452 g/mol. The molecule has 0 unspecified atom stereocenters. The molecule has 182 valence electrons. The Morgan fingerprint density at radius 3 is 2.42 bits per heavy atom. The molecule has 0 radical (unpaired) electrons. The van der Waals surface area contributed by atoms with E-state index in [-0.39, 0.29) is 6.61 Å². The number of nitrogens with one attached hydrogen (secondary N) is 1. The second kappa shape index (κ2) is 12.3. The van der Waals surface area contributed by atoms with Crippen LogP contribution in [-0.2, 0) is 11.2 Å². The minimum absolute atomic E-state index is 0.170. The Morgan fingerprint density at radius 2 is 1.64 bits per heavy atom. The SMILES string of the molecule is CCCCc1ccc(OCC(=O)N/N=C/c2c(OC(=O)c3ccccc3)ccc3ccccc23)cc1. The number of benzene rings is 4. The van der Waals surface area contributed by atoms with Gasteiger partial charge in [-0.2, -0.15) is 5.10 Å². The van der Waals surface area contributed by atoms with Gasteiger partial charge >= 0.3 is 5.97 Å². The molecule has 0 heterocycles. The highest BCUT2D eigenvalue weighted by Crippen LogP contribution is 2.27. The third-order valence-electron chi connectivity index (χ3n) is 5.64. The van der Waals surface area contributed by atoms with E-state index in [1.807, 2.05) is 60.7 Å². The summed E-state index contributed by atoms with van der Waals surface area (Å²) >= 11 is 0. The van der Waals surface area contributed by atoms with Crippen molar-refractivity contribution in [2.75, 3.05) is 6.61 Å². The number of unbranched alkanes of at least 4 members (excludes halogenated alkanes) is 1. The van der Waals surface area contributed by atoms with Crippen LogP contribution in [0.25, 0.3) is 10.8 Å². The number of amides is 1. The number of carbonyl (C=O) groups is 2. The fraction of sp³-hybridized carbons (Fsp3) is 0.167. The van der Waals surface area contributed by atoms with Crippen LogP contribution in [0.3, 0.4) is 0 Å². The molecule has 0 atom stereocenters. The molecule has 0 bridgehead atoms. The van der Waals surface area contributed by atoms with E-state index in [4.69, 9.17) is 9.47 Å². The first kappa shape index (κ1) is 24.7. The summed E-state index contributed by atoms with van der Waals surface area (Å²) in [6.45, 7) is 1.99. The second-order valence-corrected chi connectivity index (χ2v) is 8.28. The molecule has 0 spiro atoms. The number of hydrogen-bond acceptors (Lipinski definition) is 5. The molecule has 6 heteroatoms. The summed E-state index contributed by atoms with van der Waals surface area (Å²) in [5.74, 6) is 0.0987. The van der Waals surface area contributed by atoms with Gasteiger partial charge in [0.15, 0.2) is 6.61 Å². The maximum atomic E-state index is 12.6. The lowest BCUT2D eigenvalue weighted by atomic mass is 10.0. The Bertz CT molecular complexity index is 1350. The van der Waals surface area contributed by atoms with Crippen molar-refractivity contribution in [1.82, 2.24) is 5.43 Å². The van der Waals surface area contributed by atoms with Crippen LogP contribution in [0.15, 0.2) is 96.1 Å². The second-order valence-electron chi connectivity index (χ2n) is 8.28. The monoisotopic (exact) mass is 480 g/mol. The number of hydrogen-bond donors (Lipinski definition) is 1. The smallest absolute Gasteiger partial charge is 0.343 e. The number of hydrazone groups is 1. The van der Waals surface area contributed by atoms with Gasteiger partial charge in [0, 0.05) is 5.56 Å². The first-order chi connectivity index (χ1) is 17.6. The number of carbonyl (C=O) groups excluding carboxylic acids is 2. The number of nitrogens with zero attached hydrogens (tertiary/aromatic N) is 1. The maximum Gasteiger partial charge on any atom is 0.343 e. The van der Waals surface area contributed by atoms with E-state index >= 15 is 0 Å². The van der Waals surface area contributed by atoms with Crippen molar-refractivity contribution in [2.45, 2.75) is 26.2 Å². The zero-order valence-corrected chi connectivity index (χ0v) is 20.1. The molecule has 0 fully saturated rings. The molecule has 0 saturated carbocycles. The van der Waals surface area contributed by atoms with Crippen molar-refractivity contribution in [3.63, 3.8) is 0 Å². The van der Waals surface area contributed by atoms with Crippen LogP contribution in [0, 0.1) is 0 Å². The summed E-state index contributed by atoms with van der Waals surface area (Å²) in [6.07, 6.45) is 4.80. The Hall–Kier alpha value is -4.45. The van der Waals surface area contributed by atoms with Gasteiger partial charge < -0.3 is 9.47 Å². The average Bonchev–Trinajstić information content (AvgIpc) is 2.92. The van der Waals surface area contributed by atoms with Gasteiger partial charge in [0.2, 0.25) is 0 Å². The van der Waals surface area contributed by atoms with Crippen LogP contribution in [-0.4, -0.2) is 24.7 Å². The van der Waals surface area contributed by atoms with Crippen LogP contribution < -0.4 is 14.9 Å². The largest absolute Gasteiger partial charge is 0.484 e. The highest BCUT2D eigenvalue weighted by molar-refractivity contribution is 6.04. The van der Waals surface area contributed by atoms with Crippen molar-refractivity contribution >= 4 is 28.9 Å². The summed E-state index contributed by atoms with van der Waals surface area (Å²) in [4.78, 5) is 24.9. The summed E-state index contributed by atoms with van der Waals surface area (Å²) < 4.78 is 11.2. The Morgan fingerprint density at radius 1 is 0.889 bits per heavy atom. The van der Waals surface area contributed by atoms with E-state index in [9.17, 15) is 9.59 Å². The van der Waals surface area contributed by atoms with Gasteiger partial charge in [0.05, 0.1) is 11.8 Å². The van der Waals surface area contributed by atoms with E-state index in [1.54, 1.807) is 30.3 Å². The molecule has 6 nitrogen and oxygen atoms in total. The minimum Gasteiger partial charge on any atom is -0.484 e. The van der Waals surface area contributed by atoms with Gasteiger partial charge in [0.1, 0.15) is 11.5 Å². The predicted octanol–water partition coefficient (Wildman–Crippen LogP) is 5.93. The van der Waals surface area contributed by atoms with Crippen LogP contribution in [0.2, 0.25) is 0 Å². The van der Waals surface area contributed by atoms with E-state index in [2.05, 4.69) is 17.5 Å². The third-order valence-corrected chi connectivity index (χ3v) is 5.64. The number of ether oxygens (including phenoxy) is 2. The molecule has 4 aromatic carbocycles. The fourth-order valence-corrected chi connectivity index (χ4v) is 3.71. The predicted molar refractivity (Wildman–Crippen MR) is 142 cm³/mol. The molecule has 36 heavy (non-hydrogen) atoms. The molecule has 0 aromatic heterocycles. The summed E-state index contributed by atoms with van der Waals surface area (Å²) in [5, 5.41) is 5.89. The molecule has 0 aliphatic heterocycles. The quantitative estimate of drug-likeness (QED) is 0.132. The fourth-order valence-electron chi connectivity index (χ4n) is 3.71. The number of fused-ring (bicyclic) bond motifs is 1. The van der Waals surface area contributed by atoms with Crippen LogP contribution in [0.4, 0.5) is 0 Å². The number of esters is 1. The Kier molecular flexibility index (Phi) is 8.44. The van der Waals surface area contributed by atoms with Gasteiger partial charge in [-0.25, -0.2) is 10.2 Å². The van der Waals surface area contributed by atoms with E-state index in [1.165, 1.54) is 11.8 Å². The van der Waals surface area contributed by atoms with Gasteiger partial charge in [0.25, 0.3) is 5.91 Å². The number of aryl methyl sites for hydroxylation is 1. The number of rotatable bonds is 10. The summed E-state index contributed by atoms with van der Waals surface area (Å²) in [6, 6.07) is 27.8. The van der Waals surface area contributed by atoms with Gasteiger partial charge in [-0.05, 0) is 59.5 Å². The van der Waals surface area contributed by atoms with Gasteiger partial charge in [-0.15, -0.1) is 0 Å². The van der Waals surface area contributed by atoms with Gasteiger partial charge in [-0.3, -0.25) is 4.79 Å². The standard InChI is InChI=1S/C30H28N2O4/c1-2-3-9-22-14-17-25(18-15-22)35-21-29(33)32-31-20-27-26-13-8-7-10-23(26)16-19-28(27)36-30(34)24-11-5-4-6-12-24/h4-8,10-20H,2-3,9,21H2,1H3,(H,32,33)/b31-20+. The normalized spacial score (nSPS) is 10.9. The first-order valence-electron chi connectivity index (χ1n) is 12.0. The van der Waals surface area contributed by atoms with E-state index < -0.39 is 11.9 Å². The highest BCUT2D eigenvalue weighted by atomic mass is 16.5. The molecule has 4 aromatic rings. The minimum atomic E-state index is -0.473. The zero-order chi connectivity index (χ0) is 25.2. The van der Waals surface area contributed by atoms with Crippen molar-refractivity contribution < 1.29 is 19.1 Å². The maximum absolute atomic E-state index is 12.6. The molecule has 1 amide bonds. The first-order valence-corrected chi connectivity index (χ1v) is 12.0. The van der Waals surface area contributed by atoms with Crippen molar-refractivity contribution in [3.8, 4) is 11.5 Å². The Labute approximate surface area is 210 Å². The molecule has 0 aliphatic rings. The lowest BCUT2D eigenvalue weighted by Crippen LogP contribution is -2.24. The molecule has 0 aliphatic carbocycles. The molecule has 4 rings (SSSR count). The van der Waals surface area contributed by atoms with Gasteiger partial charge in [-0.1, -0.05) is 74.0 Å². The summed E-state index contributed by atoms with van der Waals surface area (Å²) in [7, 11) is 0. The van der Waals surface area contributed by atoms with Crippen molar-refractivity contribution in [1.29, 1.82) is 0 Å². The van der Waals surface area contributed by atoms with Crippen LogP contribution in [0.1, 0.15) is 41.3 Å². The molecule has 0 saturated heterocycles. The van der Waals surface area contributed by atoms with E-state index in [0.717, 1.165) is 30.0 Å². The lowest BCUT2D eigenvalue weighted by molar-refractivity contribution is -0.123. The average molecular weight is 481 g/mol. The third kappa shape index (κ3) is 6.57. The van der Waals surface area contributed by atoms with Crippen LogP contribution in [0.5, 0.6) is 11.5 Å². The zero-order valence-electron chi connectivity index (χ0n) is 20.1. The molecule has 1 N–H and O–H groups in total. The van der Waals surface area contributed by atoms with Crippen molar-refractivity contribution in [2.24, 2.45) is 5.10 Å². The lowest BCUT2D eigenvalue weighted by Gasteiger charge is -2.10. The topological polar surface area (TPSA) is 77.0 Å². The highest BCUT2D eigenvalue weighted by Gasteiger charge is 2.13. The van der Waals surface area contributed by atoms with E-state index in [0.29, 0.717) is 22.6 Å². The summed E-state index contributed by atoms with van der Waals surface area (Å²) in [5.41, 5.74) is 4.76. The Balaban J connectivity index is 1.42.